The van der Waals surface area contributed by atoms with Gasteiger partial charge in [-0.1, -0.05) is 11.6 Å². The number of benzene rings is 1. The number of halogens is 2. The first-order valence-corrected chi connectivity index (χ1v) is 6.74. The first-order valence-electron chi connectivity index (χ1n) is 5.55. The normalized spacial score (nSPS) is 11.1. The molecule has 0 saturated carbocycles. The highest BCUT2D eigenvalue weighted by atomic mass is 35.5. The van der Waals surface area contributed by atoms with E-state index in [1.807, 2.05) is 0 Å². The number of carbonyl (C=O) groups is 1. The number of aryl methyl sites for hydroxylation is 1. The summed E-state index contributed by atoms with van der Waals surface area (Å²) in [6.07, 6.45) is 0. The van der Waals surface area contributed by atoms with Gasteiger partial charge < -0.3 is 4.42 Å². The zero-order valence-corrected chi connectivity index (χ0v) is 11.4. The molecule has 3 aromatic rings. The molecule has 5 heteroatoms. The molecule has 0 aliphatic rings. The molecule has 3 rings (SSSR count). The van der Waals surface area contributed by atoms with Gasteiger partial charge in [0.15, 0.2) is 5.76 Å². The quantitative estimate of drug-likeness (QED) is 0.634. The summed E-state index contributed by atoms with van der Waals surface area (Å²) in [6.45, 7) is 1.78. The van der Waals surface area contributed by atoms with Gasteiger partial charge in [-0.05, 0) is 31.2 Å². The van der Waals surface area contributed by atoms with Crippen LogP contribution in [0.5, 0.6) is 0 Å². The fourth-order valence-corrected chi connectivity index (χ4v) is 2.94. The van der Waals surface area contributed by atoms with E-state index in [0.29, 0.717) is 20.4 Å². The largest absolute Gasteiger partial charge is 0.452 e. The zero-order chi connectivity index (χ0) is 13.6. The maximum atomic E-state index is 13.1. The van der Waals surface area contributed by atoms with Crippen molar-refractivity contribution in [3.8, 4) is 0 Å². The van der Waals surface area contributed by atoms with Crippen LogP contribution in [0.25, 0.3) is 11.0 Å². The molecule has 0 bridgehead atoms. The average Bonchev–Trinajstić information content (AvgIpc) is 2.93. The van der Waals surface area contributed by atoms with Gasteiger partial charge in [-0.15, -0.1) is 11.3 Å². The van der Waals surface area contributed by atoms with Gasteiger partial charge >= 0.3 is 0 Å². The van der Waals surface area contributed by atoms with Crippen LogP contribution in [-0.2, 0) is 0 Å². The summed E-state index contributed by atoms with van der Waals surface area (Å²) >= 11 is 7.01. The SMILES string of the molecule is Cc1c(C(=O)c2ccc(Cl)s2)oc2cc(F)ccc12. The third-order valence-corrected chi connectivity index (χ3v) is 4.13. The highest BCUT2D eigenvalue weighted by Gasteiger charge is 2.20. The van der Waals surface area contributed by atoms with Crippen molar-refractivity contribution < 1.29 is 13.6 Å². The van der Waals surface area contributed by atoms with Gasteiger partial charge in [0.25, 0.3) is 0 Å². The minimum atomic E-state index is -0.389. The van der Waals surface area contributed by atoms with Crippen molar-refractivity contribution in [3.05, 3.63) is 56.7 Å². The number of carbonyl (C=O) groups excluding carboxylic acids is 1. The van der Waals surface area contributed by atoms with Crippen LogP contribution < -0.4 is 0 Å². The Kier molecular flexibility index (Phi) is 2.92. The lowest BCUT2D eigenvalue weighted by Crippen LogP contribution is -1.98. The average molecular weight is 295 g/mol. The summed E-state index contributed by atoms with van der Waals surface area (Å²) in [5, 5.41) is 0.743. The smallest absolute Gasteiger partial charge is 0.238 e. The molecule has 19 heavy (non-hydrogen) atoms. The van der Waals surface area contributed by atoms with E-state index in [9.17, 15) is 9.18 Å². The van der Waals surface area contributed by atoms with Crippen LogP contribution in [0.3, 0.4) is 0 Å². The number of furan rings is 1. The Morgan fingerprint density at radius 3 is 2.79 bits per heavy atom. The van der Waals surface area contributed by atoms with Crippen LogP contribution in [0.2, 0.25) is 4.34 Å². The molecule has 0 unspecified atom stereocenters. The fourth-order valence-electron chi connectivity index (χ4n) is 1.96. The Bertz CT molecular complexity index is 788. The van der Waals surface area contributed by atoms with E-state index in [1.165, 1.54) is 23.5 Å². The molecule has 2 nitrogen and oxygen atoms in total. The highest BCUT2D eigenvalue weighted by molar-refractivity contribution is 7.18. The minimum Gasteiger partial charge on any atom is -0.452 e. The van der Waals surface area contributed by atoms with Crippen molar-refractivity contribution in [1.82, 2.24) is 0 Å². The van der Waals surface area contributed by atoms with Crippen LogP contribution >= 0.6 is 22.9 Å². The van der Waals surface area contributed by atoms with E-state index in [0.717, 1.165) is 5.39 Å². The maximum absolute atomic E-state index is 13.1. The summed E-state index contributed by atoms with van der Waals surface area (Å²) in [7, 11) is 0. The predicted molar refractivity (Wildman–Crippen MR) is 73.7 cm³/mol. The molecule has 0 saturated heterocycles. The Labute approximate surface area is 117 Å². The van der Waals surface area contributed by atoms with Crippen LogP contribution in [0.4, 0.5) is 4.39 Å². The second-order valence-corrected chi connectivity index (χ2v) is 5.84. The predicted octanol–water partition coefficient (Wildman–Crippen LogP) is 4.83. The van der Waals surface area contributed by atoms with E-state index in [2.05, 4.69) is 0 Å². The van der Waals surface area contributed by atoms with Gasteiger partial charge in [0.1, 0.15) is 11.4 Å². The number of ketones is 1. The first kappa shape index (κ1) is 12.4. The van der Waals surface area contributed by atoms with Crippen molar-refractivity contribution in [2.45, 2.75) is 6.92 Å². The lowest BCUT2D eigenvalue weighted by molar-refractivity contribution is 0.101. The third kappa shape index (κ3) is 2.07. The molecule has 0 aliphatic carbocycles. The summed E-state index contributed by atoms with van der Waals surface area (Å²) in [5.41, 5.74) is 1.09. The molecule has 0 radical (unpaired) electrons. The lowest BCUT2D eigenvalue weighted by Gasteiger charge is -1.94. The Balaban J connectivity index is 2.15. The molecule has 0 amide bonds. The molecule has 96 valence electrons. The van der Waals surface area contributed by atoms with Crippen LogP contribution in [-0.4, -0.2) is 5.78 Å². The second kappa shape index (κ2) is 4.47. The van der Waals surface area contributed by atoms with Crippen LogP contribution in [0.1, 0.15) is 21.0 Å². The molecular formula is C14H8ClFO2S. The summed E-state index contributed by atoms with van der Waals surface area (Å²) in [5.74, 6) is -0.385. The first-order chi connectivity index (χ1) is 9.06. The number of rotatable bonds is 2. The van der Waals surface area contributed by atoms with E-state index in [1.54, 1.807) is 25.1 Å². The van der Waals surface area contributed by atoms with Gasteiger partial charge in [-0.25, -0.2) is 4.39 Å². The Morgan fingerprint density at radius 1 is 1.32 bits per heavy atom. The van der Waals surface area contributed by atoms with Gasteiger partial charge in [-0.3, -0.25) is 4.79 Å². The number of thiophene rings is 1. The Hall–Kier alpha value is -1.65. The van der Waals surface area contributed by atoms with E-state index < -0.39 is 0 Å². The molecule has 1 aromatic carbocycles. The third-order valence-electron chi connectivity index (χ3n) is 2.90. The second-order valence-electron chi connectivity index (χ2n) is 4.13. The molecule has 0 N–H and O–H groups in total. The van der Waals surface area contributed by atoms with Crippen molar-refractivity contribution in [2.75, 3.05) is 0 Å². The lowest BCUT2D eigenvalue weighted by atomic mass is 10.1. The molecule has 2 aromatic heterocycles. The summed E-state index contributed by atoms with van der Waals surface area (Å²) in [4.78, 5) is 12.8. The summed E-state index contributed by atoms with van der Waals surface area (Å²) < 4.78 is 19.2. The van der Waals surface area contributed by atoms with E-state index in [4.69, 9.17) is 16.0 Å². The van der Waals surface area contributed by atoms with Gasteiger partial charge in [0, 0.05) is 17.0 Å². The van der Waals surface area contributed by atoms with Crippen LogP contribution in [0.15, 0.2) is 34.7 Å². The van der Waals surface area contributed by atoms with Crippen molar-refractivity contribution >= 4 is 39.7 Å². The fraction of sp³-hybridized carbons (Fsp3) is 0.0714. The molecular weight excluding hydrogens is 287 g/mol. The number of fused-ring (bicyclic) bond motifs is 1. The van der Waals surface area contributed by atoms with Crippen LogP contribution in [0, 0.1) is 12.7 Å². The number of hydrogen-bond acceptors (Lipinski definition) is 3. The van der Waals surface area contributed by atoms with Gasteiger partial charge in [0.05, 0.1) is 9.21 Å². The summed E-state index contributed by atoms with van der Waals surface area (Å²) in [6, 6.07) is 7.56. The van der Waals surface area contributed by atoms with Gasteiger partial charge in [-0.2, -0.15) is 0 Å². The number of hydrogen-bond donors (Lipinski definition) is 0. The zero-order valence-electron chi connectivity index (χ0n) is 9.87. The van der Waals surface area contributed by atoms with Crippen molar-refractivity contribution in [2.24, 2.45) is 0 Å². The molecule has 0 spiro atoms. The van der Waals surface area contributed by atoms with Crippen molar-refractivity contribution in [3.63, 3.8) is 0 Å². The molecule has 0 aliphatic heterocycles. The van der Waals surface area contributed by atoms with Crippen molar-refractivity contribution in [1.29, 1.82) is 0 Å². The minimum absolute atomic E-state index is 0.231. The highest BCUT2D eigenvalue weighted by Crippen LogP contribution is 2.30. The monoisotopic (exact) mass is 294 g/mol. The standard InChI is InChI=1S/C14H8ClFO2S/c1-7-9-3-2-8(16)6-10(9)18-14(7)13(17)11-4-5-12(15)19-11/h2-6H,1H3. The van der Waals surface area contributed by atoms with E-state index in [-0.39, 0.29) is 17.4 Å². The van der Waals surface area contributed by atoms with Gasteiger partial charge in [0.2, 0.25) is 5.78 Å². The van der Waals surface area contributed by atoms with E-state index >= 15 is 0 Å². The Morgan fingerprint density at radius 2 is 2.11 bits per heavy atom. The topological polar surface area (TPSA) is 30.2 Å². The maximum Gasteiger partial charge on any atom is 0.238 e. The molecule has 0 fully saturated rings. The molecule has 2 heterocycles. The molecule has 0 atom stereocenters.